The second kappa shape index (κ2) is 7.25. The molecule has 2 atom stereocenters. The van der Waals surface area contributed by atoms with Crippen molar-refractivity contribution in [2.75, 3.05) is 32.8 Å². The van der Waals surface area contributed by atoms with Crippen molar-refractivity contribution in [2.45, 2.75) is 39.7 Å². The van der Waals surface area contributed by atoms with Crippen LogP contribution in [0.2, 0.25) is 0 Å². The van der Waals surface area contributed by atoms with Gasteiger partial charge >= 0.3 is 0 Å². The van der Waals surface area contributed by atoms with E-state index < -0.39 is 0 Å². The number of morpholine rings is 1. The topological polar surface area (TPSA) is 38.5 Å². The van der Waals surface area contributed by atoms with E-state index in [-0.39, 0.29) is 0 Å². The van der Waals surface area contributed by atoms with Gasteiger partial charge in [0, 0.05) is 19.1 Å². The van der Waals surface area contributed by atoms with Crippen LogP contribution in [-0.2, 0) is 4.74 Å². The van der Waals surface area contributed by atoms with Crippen LogP contribution in [0.4, 0.5) is 0 Å². The number of hydrogen-bond donors (Lipinski definition) is 1. The third-order valence-electron chi connectivity index (χ3n) is 3.45. The monoisotopic (exact) mass is 228 g/mol. The van der Waals surface area contributed by atoms with Crippen LogP contribution < -0.4 is 5.73 Å². The third-order valence-corrected chi connectivity index (χ3v) is 3.45. The minimum Gasteiger partial charge on any atom is -0.378 e. The Morgan fingerprint density at radius 2 is 2.19 bits per heavy atom. The normalized spacial score (nSPS) is 24.9. The van der Waals surface area contributed by atoms with Crippen LogP contribution in [0.5, 0.6) is 0 Å². The van der Waals surface area contributed by atoms with Crippen molar-refractivity contribution in [3.8, 4) is 0 Å². The average Bonchev–Trinajstić information content (AvgIpc) is 2.28. The van der Waals surface area contributed by atoms with E-state index in [1.165, 1.54) is 12.8 Å². The fourth-order valence-corrected chi connectivity index (χ4v) is 2.55. The summed E-state index contributed by atoms with van der Waals surface area (Å²) in [7, 11) is 0. The minimum atomic E-state index is 0.606. The molecule has 0 amide bonds. The summed E-state index contributed by atoms with van der Waals surface area (Å²) in [6, 6.07) is 0.606. The number of nitrogens with two attached hydrogens (primary N) is 1. The fourth-order valence-electron chi connectivity index (χ4n) is 2.55. The van der Waals surface area contributed by atoms with Gasteiger partial charge in [-0.1, -0.05) is 20.8 Å². The molecule has 0 aliphatic carbocycles. The molecular weight excluding hydrogens is 200 g/mol. The first-order valence-corrected chi connectivity index (χ1v) is 6.69. The Bertz CT molecular complexity index is 185. The lowest BCUT2D eigenvalue weighted by atomic mass is 9.96. The molecule has 3 heteroatoms. The van der Waals surface area contributed by atoms with E-state index >= 15 is 0 Å². The van der Waals surface area contributed by atoms with Gasteiger partial charge in [0.1, 0.15) is 0 Å². The van der Waals surface area contributed by atoms with Gasteiger partial charge in [0.15, 0.2) is 0 Å². The molecule has 1 rings (SSSR count). The molecular formula is C13H28N2O. The number of rotatable bonds is 6. The van der Waals surface area contributed by atoms with Gasteiger partial charge in [0.25, 0.3) is 0 Å². The zero-order chi connectivity index (χ0) is 12.0. The maximum absolute atomic E-state index is 5.87. The quantitative estimate of drug-likeness (QED) is 0.752. The van der Waals surface area contributed by atoms with Gasteiger partial charge in [-0.2, -0.15) is 0 Å². The fraction of sp³-hybridized carbons (Fsp3) is 1.00. The van der Waals surface area contributed by atoms with Gasteiger partial charge in [0.2, 0.25) is 0 Å². The zero-order valence-corrected chi connectivity index (χ0v) is 11.1. The van der Waals surface area contributed by atoms with E-state index in [4.69, 9.17) is 10.5 Å². The first-order chi connectivity index (χ1) is 7.67. The Kier molecular flexibility index (Phi) is 6.32. The lowest BCUT2D eigenvalue weighted by molar-refractivity contribution is -0.0160. The molecule has 2 unspecified atom stereocenters. The van der Waals surface area contributed by atoms with Gasteiger partial charge in [-0.25, -0.2) is 0 Å². The lowest BCUT2D eigenvalue weighted by Gasteiger charge is -2.37. The third kappa shape index (κ3) is 4.40. The highest BCUT2D eigenvalue weighted by atomic mass is 16.5. The molecule has 1 heterocycles. The van der Waals surface area contributed by atoms with Crippen molar-refractivity contribution < 1.29 is 4.74 Å². The number of nitrogens with zero attached hydrogens (tertiary/aromatic N) is 1. The summed E-state index contributed by atoms with van der Waals surface area (Å²) in [6.45, 7) is 11.6. The molecule has 0 spiro atoms. The van der Waals surface area contributed by atoms with Gasteiger partial charge in [-0.05, 0) is 31.2 Å². The summed E-state index contributed by atoms with van der Waals surface area (Å²) in [5.41, 5.74) is 5.87. The standard InChI is InChI=1S/C13H28N2O/c1-4-13-10-16-6-5-15(13)9-12(8-14)7-11(2)3/h11-13H,4-10,14H2,1-3H3. The Labute approximate surface area is 100 Å². The molecule has 0 radical (unpaired) electrons. The molecule has 0 saturated carbocycles. The Morgan fingerprint density at radius 3 is 2.75 bits per heavy atom. The first kappa shape index (κ1) is 13.9. The largest absolute Gasteiger partial charge is 0.378 e. The van der Waals surface area contributed by atoms with E-state index in [1.807, 2.05) is 0 Å². The van der Waals surface area contributed by atoms with Crippen LogP contribution in [0.3, 0.4) is 0 Å². The van der Waals surface area contributed by atoms with Crippen LogP contribution in [0.15, 0.2) is 0 Å². The molecule has 0 aromatic carbocycles. The highest BCUT2D eigenvalue weighted by molar-refractivity contribution is 4.77. The highest BCUT2D eigenvalue weighted by Gasteiger charge is 2.23. The SMILES string of the molecule is CCC1COCCN1CC(CN)CC(C)C. The van der Waals surface area contributed by atoms with E-state index in [0.29, 0.717) is 12.0 Å². The molecule has 1 saturated heterocycles. The molecule has 1 aliphatic rings. The van der Waals surface area contributed by atoms with Gasteiger partial charge in [0.05, 0.1) is 13.2 Å². The molecule has 0 aromatic rings. The van der Waals surface area contributed by atoms with E-state index in [9.17, 15) is 0 Å². The Hall–Kier alpha value is -0.120. The maximum atomic E-state index is 5.87. The van der Waals surface area contributed by atoms with Gasteiger partial charge in [-0.15, -0.1) is 0 Å². The second-order valence-corrected chi connectivity index (χ2v) is 5.36. The van der Waals surface area contributed by atoms with Crippen LogP contribution in [0, 0.1) is 11.8 Å². The summed E-state index contributed by atoms with van der Waals surface area (Å²) in [6.07, 6.45) is 2.42. The van der Waals surface area contributed by atoms with Crippen LogP contribution in [0.1, 0.15) is 33.6 Å². The second-order valence-electron chi connectivity index (χ2n) is 5.36. The van der Waals surface area contributed by atoms with Gasteiger partial charge < -0.3 is 10.5 Å². The minimum absolute atomic E-state index is 0.606. The summed E-state index contributed by atoms with van der Waals surface area (Å²) >= 11 is 0. The van der Waals surface area contributed by atoms with Crippen molar-refractivity contribution in [1.82, 2.24) is 4.90 Å². The Morgan fingerprint density at radius 1 is 1.44 bits per heavy atom. The zero-order valence-electron chi connectivity index (χ0n) is 11.1. The molecule has 16 heavy (non-hydrogen) atoms. The molecule has 0 aromatic heterocycles. The highest BCUT2D eigenvalue weighted by Crippen LogP contribution is 2.17. The lowest BCUT2D eigenvalue weighted by Crippen LogP contribution is -2.48. The molecule has 0 bridgehead atoms. The van der Waals surface area contributed by atoms with E-state index in [0.717, 1.165) is 38.8 Å². The summed E-state index contributed by atoms with van der Waals surface area (Å²) < 4.78 is 5.53. The van der Waals surface area contributed by atoms with Gasteiger partial charge in [-0.3, -0.25) is 4.90 Å². The first-order valence-electron chi connectivity index (χ1n) is 6.69. The smallest absolute Gasteiger partial charge is 0.0622 e. The molecule has 96 valence electrons. The van der Waals surface area contributed by atoms with E-state index in [1.54, 1.807) is 0 Å². The van der Waals surface area contributed by atoms with Crippen LogP contribution in [0.25, 0.3) is 0 Å². The summed E-state index contributed by atoms with van der Waals surface area (Å²) in [5, 5.41) is 0. The molecule has 2 N–H and O–H groups in total. The summed E-state index contributed by atoms with van der Waals surface area (Å²) in [5.74, 6) is 1.39. The van der Waals surface area contributed by atoms with Crippen molar-refractivity contribution in [3.63, 3.8) is 0 Å². The Balaban J connectivity index is 2.41. The molecule has 1 aliphatic heterocycles. The van der Waals surface area contributed by atoms with Crippen LogP contribution >= 0.6 is 0 Å². The van der Waals surface area contributed by atoms with E-state index in [2.05, 4.69) is 25.7 Å². The predicted octanol–water partition coefficient (Wildman–Crippen LogP) is 1.72. The maximum Gasteiger partial charge on any atom is 0.0622 e. The molecule has 1 fully saturated rings. The van der Waals surface area contributed by atoms with Crippen molar-refractivity contribution in [2.24, 2.45) is 17.6 Å². The number of ether oxygens (including phenoxy) is 1. The molecule has 3 nitrogen and oxygen atoms in total. The average molecular weight is 228 g/mol. The predicted molar refractivity (Wildman–Crippen MR) is 68.5 cm³/mol. The number of hydrogen-bond acceptors (Lipinski definition) is 3. The van der Waals surface area contributed by atoms with Crippen molar-refractivity contribution in [1.29, 1.82) is 0 Å². The summed E-state index contributed by atoms with van der Waals surface area (Å²) in [4.78, 5) is 2.57. The van der Waals surface area contributed by atoms with Crippen molar-refractivity contribution in [3.05, 3.63) is 0 Å². The van der Waals surface area contributed by atoms with Crippen molar-refractivity contribution >= 4 is 0 Å². The van der Waals surface area contributed by atoms with Crippen LogP contribution in [-0.4, -0.2) is 43.8 Å².